The van der Waals surface area contributed by atoms with Crippen molar-refractivity contribution in [1.82, 2.24) is 0 Å². The monoisotopic (exact) mass is 1220 g/mol. The van der Waals surface area contributed by atoms with Crippen molar-refractivity contribution < 1.29 is 56.8 Å². The van der Waals surface area contributed by atoms with Crippen LogP contribution in [0, 0.1) is 0 Å². The quantitative estimate of drug-likeness (QED) is 0.0574. The van der Waals surface area contributed by atoms with E-state index < -0.39 is 0 Å². The number of benzene rings is 8. The van der Waals surface area contributed by atoms with Crippen LogP contribution in [0.3, 0.4) is 0 Å². The van der Waals surface area contributed by atoms with Gasteiger partial charge in [0.1, 0.15) is 74.1 Å². The Bertz CT molecular complexity index is 2560. The third kappa shape index (κ3) is 23.0. The lowest BCUT2D eigenvalue weighted by atomic mass is 9.84. The molecule has 0 aromatic heterocycles. The topological polar surface area (TPSA) is 111 Å². The van der Waals surface area contributed by atoms with E-state index in [9.17, 15) is 0 Å². The lowest BCUT2D eigenvalue weighted by Gasteiger charge is -2.26. The van der Waals surface area contributed by atoms with Gasteiger partial charge in [-0.05, 0) is 178 Å². The normalized spacial score (nSPS) is 13.4. The molecule has 0 aliphatic carbocycles. The highest BCUT2D eigenvalue weighted by Crippen LogP contribution is 2.36. The van der Waals surface area contributed by atoms with Gasteiger partial charge in [0.15, 0.2) is 0 Å². The van der Waals surface area contributed by atoms with E-state index in [1.54, 1.807) is 0 Å². The van der Waals surface area contributed by atoms with Crippen molar-refractivity contribution >= 4 is 0 Å². The summed E-state index contributed by atoms with van der Waals surface area (Å²) in [6.07, 6.45) is 5.50. The molecule has 3 fully saturated rings. The molecule has 3 aliphatic heterocycles. The molecule has 3 heterocycles. The Balaban J connectivity index is 0.000000199. The van der Waals surface area contributed by atoms with Gasteiger partial charge in [0.05, 0.1) is 79.3 Å². The lowest BCUT2D eigenvalue weighted by Crippen LogP contribution is -2.17. The fraction of sp³-hybridized carbons (Fsp3) is 0.385. The van der Waals surface area contributed by atoms with Crippen molar-refractivity contribution in [3.63, 3.8) is 0 Å². The molecule has 0 unspecified atom stereocenters. The predicted molar refractivity (Wildman–Crippen MR) is 359 cm³/mol. The van der Waals surface area contributed by atoms with Crippen LogP contribution in [0.25, 0.3) is 0 Å². The Labute approximate surface area is 536 Å². The Kier molecular flexibility index (Phi) is 32.2. The van der Waals surface area contributed by atoms with Gasteiger partial charge in [0.25, 0.3) is 0 Å². The van der Waals surface area contributed by atoms with Gasteiger partial charge in [-0.3, -0.25) is 0 Å². The fourth-order valence-corrected chi connectivity index (χ4v) is 11.1. The zero-order chi connectivity index (χ0) is 63.1. The minimum absolute atomic E-state index is 0.525. The second kappa shape index (κ2) is 41.6. The summed E-state index contributed by atoms with van der Waals surface area (Å²) in [5.74, 6) is 5.28. The first-order valence-electron chi connectivity index (χ1n) is 32.4. The standard InChI is InChI=1S/2C33H36O3.3C4H8O2/c2*1-4-28-31(22-34-25-16-10-7-11-17-25)29(5-2)33(24-36-27-20-14-9-15-21-27)30(6-3)32(28)23-35-26-18-12-8-13-19-26;3*1-2-6-4-3-5-1/h2*7-21H,4-6,22-24H2,1-3H3;3*1-4H2. The first-order chi connectivity index (χ1) is 44.5. The Morgan fingerprint density at radius 2 is 0.311 bits per heavy atom. The average molecular weight is 1230 g/mol. The molecule has 0 atom stereocenters. The molecule has 8 aromatic rings. The minimum Gasteiger partial charge on any atom is -0.489 e. The van der Waals surface area contributed by atoms with E-state index in [2.05, 4.69) is 41.5 Å². The summed E-state index contributed by atoms with van der Waals surface area (Å²) in [6, 6.07) is 60.3. The Morgan fingerprint density at radius 3 is 0.411 bits per heavy atom. The summed E-state index contributed by atoms with van der Waals surface area (Å²) >= 11 is 0. The van der Waals surface area contributed by atoms with Crippen molar-refractivity contribution in [2.24, 2.45) is 0 Å². The van der Waals surface area contributed by atoms with Gasteiger partial charge in [0, 0.05) is 0 Å². The summed E-state index contributed by atoms with van der Waals surface area (Å²) < 4.78 is 67.5. The van der Waals surface area contributed by atoms with E-state index in [0.717, 1.165) is 152 Å². The molecule has 480 valence electrons. The van der Waals surface area contributed by atoms with Crippen molar-refractivity contribution in [3.8, 4) is 34.5 Å². The van der Waals surface area contributed by atoms with Crippen LogP contribution in [0.4, 0.5) is 0 Å². The molecule has 0 amide bonds. The maximum absolute atomic E-state index is 6.30. The van der Waals surface area contributed by atoms with Crippen molar-refractivity contribution in [3.05, 3.63) is 249 Å². The van der Waals surface area contributed by atoms with Crippen LogP contribution >= 0.6 is 0 Å². The summed E-state index contributed by atoms with van der Waals surface area (Å²) in [7, 11) is 0. The molecular weight excluding hydrogens is 1130 g/mol. The lowest BCUT2D eigenvalue weighted by molar-refractivity contribution is -0.0334. The van der Waals surface area contributed by atoms with E-state index >= 15 is 0 Å². The molecule has 90 heavy (non-hydrogen) atoms. The number of ether oxygens (including phenoxy) is 12. The maximum Gasteiger partial charge on any atom is 0.119 e. The Morgan fingerprint density at radius 1 is 0.189 bits per heavy atom. The van der Waals surface area contributed by atoms with Gasteiger partial charge in [-0.2, -0.15) is 0 Å². The zero-order valence-corrected chi connectivity index (χ0v) is 54.2. The minimum atomic E-state index is 0.525. The molecule has 11 rings (SSSR count). The van der Waals surface area contributed by atoms with Gasteiger partial charge in [0.2, 0.25) is 0 Å². The number of para-hydroxylation sites is 6. The first-order valence-corrected chi connectivity index (χ1v) is 32.4. The Hall–Kier alpha value is -7.68. The molecule has 0 radical (unpaired) electrons. The van der Waals surface area contributed by atoms with Gasteiger partial charge >= 0.3 is 0 Å². The fourth-order valence-electron chi connectivity index (χ4n) is 11.1. The highest BCUT2D eigenvalue weighted by atomic mass is 16.6. The van der Waals surface area contributed by atoms with Crippen molar-refractivity contribution in [1.29, 1.82) is 0 Å². The van der Waals surface area contributed by atoms with Gasteiger partial charge < -0.3 is 56.8 Å². The van der Waals surface area contributed by atoms with E-state index in [4.69, 9.17) is 56.8 Å². The number of hydrogen-bond acceptors (Lipinski definition) is 12. The number of rotatable bonds is 24. The summed E-state index contributed by atoms with van der Waals surface area (Å²) in [4.78, 5) is 0. The molecule has 0 bridgehead atoms. The zero-order valence-electron chi connectivity index (χ0n) is 54.2. The number of hydrogen-bond donors (Lipinski definition) is 0. The molecule has 0 saturated carbocycles. The molecular formula is C78H96O12. The van der Waals surface area contributed by atoms with Crippen LogP contribution in [-0.2, 0) is 107 Å². The molecule has 12 heteroatoms. The molecule has 0 N–H and O–H groups in total. The second-order valence-corrected chi connectivity index (χ2v) is 21.1. The average Bonchev–Trinajstić information content (AvgIpc) is 0.887. The smallest absolute Gasteiger partial charge is 0.119 e. The van der Waals surface area contributed by atoms with Crippen LogP contribution in [0.2, 0.25) is 0 Å². The van der Waals surface area contributed by atoms with E-state index in [0.29, 0.717) is 39.6 Å². The highest BCUT2D eigenvalue weighted by Gasteiger charge is 2.25. The largest absolute Gasteiger partial charge is 0.489 e. The SMILES string of the molecule is C1COCCO1.C1COCCO1.C1COCCO1.CCc1c(COc2ccccc2)c(CC)c(COc2ccccc2)c(CC)c1COc1ccccc1.CCc1c(COc2ccccc2)c(CC)c(COc2ccccc2)c(CC)c1COc1ccccc1. The molecule has 3 aliphatic rings. The summed E-state index contributed by atoms with van der Waals surface area (Å²) in [5, 5.41) is 0. The van der Waals surface area contributed by atoms with E-state index in [1.165, 1.54) is 66.8 Å². The van der Waals surface area contributed by atoms with Gasteiger partial charge in [-0.15, -0.1) is 0 Å². The van der Waals surface area contributed by atoms with Crippen LogP contribution in [0.5, 0.6) is 34.5 Å². The molecule has 8 aromatic carbocycles. The van der Waals surface area contributed by atoms with Crippen LogP contribution in [-0.4, -0.2) is 79.3 Å². The van der Waals surface area contributed by atoms with Crippen molar-refractivity contribution in [2.75, 3.05) is 79.3 Å². The summed E-state index contributed by atoms with van der Waals surface area (Å²) in [5.41, 5.74) is 15.6. The summed E-state index contributed by atoms with van der Waals surface area (Å²) in [6.45, 7) is 25.9. The third-order valence-electron chi connectivity index (χ3n) is 15.5. The predicted octanol–water partition coefficient (Wildman–Crippen LogP) is 16.3. The second-order valence-electron chi connectivity index (χ2n) is 21.1. The van der Waals surface area contributed by atoms with Crippen molar-refractivity contribution in [2.45, 2.75) is 120 Å². The van der Waals surface area contributed by atoms with Gasteiger partial charge in [-0.1, -0.05) is 151 Å². The van der Waals surface area contributed by atoms with E-state index in [1.807, 2.05) is 182 Å². The first kappa shape index (κ1) is 69.8. The molecule has 0 spiro atoms. The van der Waals surface area contributed by atoms with Gasteiger partial charge in [-0.25, -0.2) is 0 Å². The molecule has 12 nitrogen and oxygen atoms in total. The van der Waals surface area contributed by atoms with Crippen LogP contribution in [0.15, 0.2) is 182 Å². The molecule has 3 saturated heterocycles. The van der Waals surface area contributed by atoms with Crippen LogP contribution < -0.4 is 28.4 Å². The van der Waals surface area contributed by atoms with E-state index in [-0.39, 0.29) is 0 Å². The maximum atomic E-state index is 6.30. The highest BCUT2D eigenvalue weighted by molar-refractivity contribution is 5.54. The van der Waals surface area contributed by atoms with Crippen LogP contribution in [0.1, 0.15) is 108 Å². The third-order valence-corrected chi connectivity index (χ3v) is 15.5.